The normalized spacial score (nSPS) is 15.4. The Balaban J connectivity index is 1.45. The average molecular weight is 387 g/mol. The largest absolute Gasteiger partial charge is 0.490 e. The van der Waals surface area contributed by atoms with Crippen molar-refractivity contribution in [2.75, 3.05) is 6.61 Å². The number of carbonyl (C=O) groups is 1. The summed E-state index contributed by atoms with van der Waals surface area (Å²) in [6.07, 6.45) is 6.56. The van der Waals surface area contributed by atoms with Gasteiger partial charge in [0.15, 0.2) is 0 Å². The number of hydrogen-bond donors (Lipinski definition) is 1. The maximum absolute atomic E-state index is 12.8. The predicted molar refractivity (Wildman–Crippen MR) is 113 cm³/mol. The van der Waals surface area contributed by atoms with Crippen LogP contribution in [0, 0.1) is 0 Å². The van der Waals surface area contributed by atoms with Gasteiger partial charge in [-0.3, -0.25) is 9.48 Å². The molecule has 2 aromatic carbocycles. The van der Waals surface area contributed by atoms with Crippen molar-refractivity contribution < 1.29 is 9.53 Å². The van der Waals surface area contributed by atoms with Crippen LogP contribution in [0.2, 0.25) is 0 Å². The molecule has 1 aliphatic rings. The van der Waals surface area contributed by atoms with E-state index in [2.05, 4.69) is 33.8 Å². The third-order valence-electron chi connectivity index (χ3n) is 5.23. The Morgan fingerprint density at radius 2 is 2.00 bits per heavy atom. The van der Waals surface area contributed by atoms with Gasteiger partial charge in [0.25, 0.3) is 5.91 Å². The third-order valence-corrected chi connectivity index (χ3v) is 5.23. The molecule has 5 nitrogen and oxygen atoms in total. The van der Waals surface area contributed by atoms with Crippen molar-refractivity contribution in [2.45, 2.75) is 31.8 Å². The lowest BCUT2D eigenvalue weighted by Gasteiger charge is -2.24. The van der Waals surface area contributed by atoms with Crippen LogP contribution in [0.25, 0.3) is 0 Å². The van der Waals surface area contributed by atoms with Gasteiger partial charge in [-0.25, -0.2) is 0 Å². The van der Waals surface area contributed by atoms with E-state index < -0.39 is 0 Å². The lowest BCUT2D eigenvalue weighted by Crippen LogP contribution is -2.31. The Morgan fingerprint density at radius 3 is 2.76 bits per heavy atom. The molecule has 0 bridgehead atoms. The number of carbonyl (C=O) groups excluding carboxylic acids is 1. The van der Waals surface area contributed by atoms with Crippen LogP contribution in [0.15, 0.2) is 73.4 Å². The molecule has 148 valence electrons. The quantitative estimate of drug-likeness (QED) is 0.615. The lowest BCUT2D eigenvalue weighted by molar-refractivity contribution is 0.0932. The summed E-state index contributed by atoms with van der Waals surface area (Å²) in [5.41, 5.74) is 4.20. The number of ether oxygens (including phenoxy) is 1. The number of rotatable bonds is 7. The summed E-state index contributed by atoms with van der Waals surface area (Å²) in [4.78, 5) is 12.8. The van der Waals surface area contributed by atoms with Gasteiger partial charge in [0.05, 0.1) is 18.8 Å². The molecule has 1 aromatic heterocycles. The van der Waals surface area contributed by atoms with Crippen molar-refractivity contribution in [2.24, 2.45) is 0 Å². The highest BCUT2D eigenvalue weighted by Gasteiger charge is 2.26. The topological polar surface area (TPSA) is 56.1 Å². The second-order valence-corrected chi connectivity index (χ2v) is 7.23. The molecule has 1 atom stereocenters. The summed E-state index contributed by atoms with van der Waals surface area (Å²) in [5.74, 6) is 0.650. The van der Waals surface area contributed by atoms with Gasteiger partial charge in [-0.2, -0.15) is 5.10 Å². The maximum atomic E-state index is 12.8. The molecule has 1 amide bonds. The summed E-state index contributed by atoms with van der Waals surface area (Å²) in [6, 6.07) is 17.5. The monoisotopic (exact) mass is 387 g/mol. The minimum atomic E-state index is -0.0751. The molecule has 1 aliphatic carbocycles. The highest BCUT2D eigenvalue weighted by molar-refractivity contribution is 5.94. The minimum absolute atomic E-state index is 0.00698. The molecule has 0 spiro atoms. The molecule has 0 fully saturated rings. The van der Waals surface area contributed by atoms with E-state index in [0.717, 1.165) is 37.1 Å². The summed E-state index contributed by atoms with van der Waals surface area (Å²) in [7, 11) is 0. The smallest absolute Gasteiger partial charge is 0.251 e. The van der Waals surface area contributed by atoms with E-state index in [-0.39, 0.29) is 11.9 Å². The van der Waals surface area contributed by atoms with E-state index in [4.69, 9.17) is 4.74 Å². The molecule has 0 saturated carbocycles. The third kappa shape index (κ3) is 4.40. The maximum Gasteiger partial charge on any atom is 0.251 e. The molecule has 3 aromatic rings. The van der Waals surface area contributed by atoms with Gasteiger partial charge in [-0.15, -0.1) is 0 Å². The number of benzene rings is 2. The first kappa shape index (κ1) is 19.0. The molecule has 1 heterocycles. The van der Waals surface area contributed by atoms with E-state index in [1.807, 2.05) is 36.5 Å². The van der Waals surface area contributed by atoms with Crippen LogP contribution < -0.4 is 10.1 Å². The van der Waals surface area contributed by atoms with Crippen LogP contribution in [0.1, 0.15) is 46.1 Å². The van der Waals surface area contributed by atoms with E-state index >= 15 is 0 Å². The first-order chi connectivity index (χ1) is 14.2. The number of amides is 1. The van der Waals surface area contributed by atoms with Gasteiger partial charge in [0.2, 0.25) is 0 Å². The second kappa shape index (κ2) is 8.78. The van der Waals surface area contributed by atoms with Gasteiger partial charge >= 0.3 is 0 Å². The number of nitrogens with one attached hydrogen (secondary N) is 1. The van der Waals surface area contributed by atoms with Crippen LogP contribution in [0.5, 0.6) is 5.75 Å². The van der Waals surface area contributed by atoms with Crippen LogP contribution >= 0.6 is 0 Å². The van der Waals surface area contributed by atoms with Crippen LogP contribution in [0.4, 0.5) is 0 Å². The highest BCUT2D eigenvalue weighted by atomic mass is 16.5. The van der Waals surface area contributed by atoms with E-state index in [0.29, 0.717) is 12.2 Å². The van der Waals surface area contributed by atoms with Gasteiger partial charge in [-0.1, -0.05) is 43.0 Å². The molecule has 4 rings (SSSR count). The van der Waals surface area contributed by atoms with Crippen LogP contribution in [-0.4, -0.2) is 22.3 Å². The molecule has 5 heteroatoms. The van der Waals surface area contributed by atoms with Crippen molar-refractivity contribution >= 4 is 5.91 Å². The summed E-state index contributed by atoms with van der Waals surface area (Å²) < 4.78 is 7.54. The van der Waals surface area contributed by atoms with Gasteiger partial charge in [-0.05, 0) is 49.1 Å². The molecule has 0 aliphatic heterocycles. The number of aromatic nitrogens is 2. The number of hydrogen-bond acceptors (Lipinski definition) is 3. The Bertz CT molecular complexity index is 977. The predicted octanol–water partition coefficient (Wildman–Crippen LogP) is 4.30. The van der Waals surface area contributed by atoms with Crippen molar-refractivity contribution in [1.82, 2.24) is 15.1 Å². The van der Waals surface area contributed by atoms with Crippen molar-refractivity contribution in [3.8, 4) is 5.75 Å². The molecule has 0 radical (unpaired) electrons. The van der Waals surface area contributed by atoms with Crippen molar-refractivity contribution in [1.29, 1.82) is 0 Å². The van der Waals surface area contributed by atoms with Crippen LogP contribution in [-0.2, 0) is 13.0 Å². The standard InChI is InChI=1S/C24H25N3O2/c1-2-15-29-20-13-11-19(12-14-20)24(28)26-22-9-6-10-23-21(22)16-25-27(23)17-18-7-4-3-5-8-18/h2-5,7-8,11-14,16,22H,1,6,9-10,15,17H2,(H,26,28). The molecular formula is C24H25N3O2. The first-order valence-corrected chi connectivity index (χ1v) is 9.97. The Kier molecular flexibility index (Phi) is 5.75. The number of nitrogens with zero attached hydrogens (tertiary/aromatic N) is 2. The summed E-state index contributed by atoms with van der Waals surface area (Å²) in [6.45, 7) is 4.83. The lowest BCUT2D eigenvalue weighted by atomic mass is 9.92. The van der Waals surface area contributed by atoms with E-state index in [1.54, 1.807) is 18.2 Å². The zero-order valence-electron chi connectivity index (χ0n) is 16.4. The second-order valence-electron chi connectivity index (χ2n) is 7.23. The first-order valence-electron chi connectivity index (χ1n) is 9.97. The molecule has 1 unspecified atom stereocenters. The summed E-state index contributed by atoms with van der Waals surface area (Å²) in [5, 5.41) is 7.79. The van der Waals surface area contributed by atoms with Gasteiger partial charge < -0.3 is 10.1 Å². The van der Waals surface area contributed by atoms with Crippen molar-refractivity contribution in [3.63, 3.8) is 0 Å². The van der Waals surface area contributed by atoms with E-state index in [1.165, 1.54) is 11.3 Å². The Labute approximate surface area is 171 Å². The van der Waals surface area contributed by atoms with Gasteiger partial charge in [0, 0.05) is 16.8 Å². The van der Waals surface area contributed by atoms with Crippen LogP contribution in [0.3, 0.4) is 0 Å². The fourth-order valence-corrected chi connectivity index (χ4v) is 3.76. The fourth-order valence-electron chi connectivity index (χ4n) is 3.76. The zero-order chi connectivity index (χ0) is 20.1. The summed E-state index contributed by atoms with van der Waals surface area (Å²) >= 11 is 0. The zero-order valence-corrected chi connectivity index (χ0v) is 16.4. The number of fused-ring (bicyclic) bond motifs is 1. The van der Waals surface area contributed by atoms with Gasteiger partial charge in [0.1, 0.15) is 12.4 Å². The van der Waals surface area contributed by atoms with Crippen molar-refractivity contribution in [3.05, 3.63) is 95.8 Å². The average Bonchev–Trinajstić information content (AvgIpc) is 3.17. The molecular weight excluding hydrogens is 362 g/mol. The Morgan fingerprint density at radius 1 is 1.21 bits per heavy atom. The SMILES string of the molecule is C=CCOc1ccc(C(=O)NC2CCCc3c2cnn3Cc2ccccc2)cc1. The minimum Gasteiger partial charge on any atom is -0.490 e. The highest BCUT2D eigenvalue weighted by Crippen LogP contribution is 2.30. The molecule has 0 saturated heterocycles. The Hall–Kier alpha value is -3.34. The molecule has 29 heavy (non-hydrogen) atoms. The molecule has 1 N–H and O–H groups in total. The fraction of sp³-hybridized carbons (Fsp3) is 0.250. The van der Waals surface area contributed by atoms with E-state index in [9.17, 15) is 4.79 Å².